The number of nitrogens with zero attached hydrogens (tertiary/aromatic N) is 3. The Labute approximate surface area is 84.5 Å². The average molecular weight is 205 g/mol. The molecule has 0 radical (unpaired) electrons. The normalized spacial score (nSPS) is 10.2. The molecule has 2 aromatic heterocycles. The minimum Gasteiger partial charge on any atom is -0.465 e. The van der Waals surface area contributed by atoms with Gasteiger partial charge in [-0.1, -0.05) is 0 Å². The van der Waals surface area contributed by atoms with Crippen molar-refractivity contribution in [3.05, 3.63) is 29.7 Å². The quantitative estimate of drug-likeness (QED) is 0.521. The average Bonchev–Trinajstić information content (AvgIpc) is 2.69. The monoisotopic (exact) mass is 205 g/mol. The zero-order valence-corrected chi connectivity index (χ0v) is 7.88. The van der Waals surface area contributed by atoms with Crippen LogP contribution in [-0.4, -0.2) is 34.0 Å². The van der Waals surface area contributed by atoms with Crippen LogP contribution in [-0.2, 0) is 4.74 Å². The summed E-state index contributed by atoms with van der Waals surface area (Å²) in [7, 11) is 1.28. The number of ether oxygens (including phenoxy) is 1. The first kappa shape index (κ1) is 9.32. The molecule has 0 fully saturated rings. The molecule has 2 aromatic rings. The summed E-state index contributed by atoms with van der Waals surface area (Å²) in [6, 6.07) is 0. The highest BCUT2D eigenvalue weighted by Gasteiger charge is 2.09. The van der Waals surface area contributed by atoms with Gasteiger partial charge in [0.2, 0.25) is 0 Å². The molecule has 2 rings (SSSR count). The van der Waals surface area contributed by atoms with Crippen LogP contribution in [0.5, 0.6) is 0 Å². The molecule has 2 heterocycles. The van der Waals surface area contributed by atoms with E-state index in [-0.39, 0.29) is 5.56 Å². The molecule has 0 saturated heterocycles. The minimum atomic E-state index is -0.493. The maximum Gasteiger partial charge on any atom is 0.341 e. The van der Waals surface area contributed by atoms with Crippen molar-refractivity contribution in [2.75, 3.05) is 7.11 Å². The van der Waals surface area contributed by atoms with Gasteiger partial charge in [-0.15, -0.1) is 0 Å². The van der Waals surface area contributed by atoms with Crippen molar-refractivity contribution in [1.82, 2.24) is 14.6 Å². The first-order chi connectivity index (χ1) is 7.26. The van der Waals surface area contributed by atoms with E-state index in [1.54, 1.807) is 0 Å². The highest BCUT2D eigenvalue weighted by atomic mass is 16.5. The summed E-state index contributed by atoms with van der Waals surface area (Å²) >= 11 is 0. The Morgan fingerprint density at radius 3 is 3.00 bits per heavy atom. The summed E-state index contributed by atoms with van der Waals surface area (Å²) in [4.78, 5) is 25.7. The molecule has 0 aliphatic carbocycles. The van der Waals surface area contributed by atoms with Gasteiger partial charge in [0.25, 0.3) is 0 Å². The predicted octanol–water partition coefficient (Wildman–Crippen LogP) is 0.328. The molecule has 15 heavy (non-hydrogen) atoms. The van der Waals surface area contributed by atoms with Crippen LogP contribution in [0.25, 0.3) is 5.65 Å². The third-order valence-electron chi connectivity index (χ3n) is 1.93. The van der Waals surface area contributed by atoms with E-state index in [2.05, 4.69) is 14.8 Å². The van der Waals surface area contributed by atoms with Gasteiger partial charge in [0.15, 0.2) is 11.9 Å². The van der Waals surface area contributed by atoms with Crippen LogP contribution in [0.4, 0.5) is 0 Å². The summed E-state index contributed by atoms with van der Waals surface area (Å²) < 4.78 is 5.89. The molecule has 0 spiro atoms. The lowest BCUT2D eigenvalue weighted by Gasteiger charge is -1.98. The van der Waals surface area contributed by atoms with Gasteiger partial charge < -0.3 is 4.74 Å². The summed E-state index contributed by atoms with van der Waals surface area (Å²) in [5.74, 6) is -0.493. The van der Waals surface area contributed by atoms with Crippen LogP contribution in [0.2, 0.25) is 0 Å². The fourth-order valence-corrected chi connectivity index (χ4v) is 1.20. The Morgan fingerprint density at radius 1 is 1.53 bits per heavy atom. The molecule has 0 aliphatic heterocycles. The minimum absolute atomic E-state index is 0.283. The third kappa shape index (κ3) is 1.45. The zero-order chi connectivity index (χ0) is 10.8. The smallest absolute Gasteiger partial charge is 0.341 e. The van der Waals surface area contributed by atoms with Crippen LogP contribution < -0.4 is 0 Å². The molecule has 0 saturated carbocycles. The second kappa shape index (κ2) is 3.49. The van der Waals surface area contributed by atoms with E-state index < -0.39 is 5.97 Å². The number of hydrogen-bond acceptors (Lipinski definition) is 5. The van der Waals surface area contributed by atoms with E-state index in [0.717, 1.165) is 0 Å². The van der Waals surface area contributed by atoms with Crippen molar-refractivity contribution in [3.63, 3.8) is 0 Å². The van der Waals surface area contributed by atoms with E-state index in [1.165, 1.54) is 30.2 Å². The second-order valence-corrected chi connectivity index (χ2v) is 2.82. The van der Waals surface area contributed by atoms with Crippen molar-refractivity contribution < 1.29 is 14.3 Å². The van der Waals surface area contributed by atoms with Crippen LogP contribution >= 0.6 is 0 Å². The Hall–Kier alpha value is -2.24. The van der Waals surface area contributed by atoms with Crippen molar-refractivity contribution in [3.8, 4) is 0 Å². The number of carbonyl (C=O) groups is 2. The van der Waals surface area contributed by atoms with Gasteiger partial charge >= 0.3 is 5.97 Å². The van der Waals surface area contributed by atoms with Gasteiger partial charge in [0.05, 0.1) is 24.4 Å². The summed E-state index contributed by atoms with van der Waals surface area (Å²) in [6.45, 7) is 0. The Bertz CT molecular complexity index is 532. The van der Waals surface area contributed by atoms with Gasteiger partial charge in [-0.2, -0.15) is 5.10 Å². The number of aromatic nitrogens is 3. The first-order valence-corrected chi connectivity index (χ1v) is 4.13. The van der Waals surface area contributed by atoms with Crippen molar-refractivity contribution in [1.29, 1.82) is 0 Å². The molecule has 0 unspecified atom stereocenters. The van der Waals surface area contributed by atoms with Crippen molar-refractivity contribution in [2.24, 2.45) is 0 Å². The fraction of sp³-hybridized carbons (Fsp3) is 0.111. The Kier molecular flexibility index (Phi) is 2.17. The van der Waals surface area contributed by atoms with Gasteiger partial charge in [-0.25, -0.2) is 14.3 Å². The van der Waals surface area contributed by atoms with Crippen LogP contribution in [0.3, 0.4) is 0 Å². The maximum absolute atomic E-state index is 11.2. The number of esters is 1. The lowest BCUT2D eigenvalue weighted by atomic mass is 10.3. The maximum atomic E-state index is 11.2. The lowest BCUT2D eigenvalue weighted by molar-refractivity contribution is 0.0599. The molecule has 0 atom stereocenters. The second-order valence-electron chi connectivity index (χ2n) is 2.82. The molecule has 76 valence electrons. The number of methoxy groups -OCH3 is 1. The molecule has 0 bridgehead atoms. The molecular formula is C9H7N3O3. The number of carbonyl (C=O) groups excluding carboxylic acids is 2. The lowest BCUT2D eigenvalue weighted by Crippen LogP contribution is -2.04. The van der Waals surface area contributed by atoms with Crippen LogP contribution in [0.1, 0.15) is 20.7 Å². The first-order valence-electron chi connectivity index (χ1n) is 4.13. The highest BCUT2D eigenvalue weighted by molar-refractivity contribution is 5.89. The van der Waals surface area contributed by atoms with E-state index in [4.69, 9.17) is 0 Å². The van der Waals surface area contributed by atoms with Crippen LogP contribution in [0.15, 0.2) is 18.6 Å². The van der Waals surface area contributed by atoms with Crippen molar-refractivity contribution in [2.45, 2.75) is 0 Å². The van der Waals surface area contributed by atoms with Gasteiger partial charge in [0, 0.05) is 12.4 Å². The Morgan fingerprint density at radius 2 is 2.33 bits per heavy atom. The SMILES string of the molecule is COC(=O)c1cnc2c(C=O)cnn2c1. The van der Waals surface area contributed by atoms with Gasteiger partial charge in [-0.05, 0) is 0 Å². The number of fused-ring (bicyclic) bond motifs is 1. The molecule has 0 aliphatic rings. The molecule has 6 heteroatoms. The number of aldehydes is 1. The summed E-state index contributed by atoms with van der Waals surface area (Å²) in [5.41, 5.74) is 1.08. The number of rotatable bonds is 2. The summed E-state index contributed by atoms with van der Waals surface area (Å²) in [5, 5.41) is 3.88. The van der Waals surface area contributed by atoms with E-state index in [1.807, 2.05) is 0 Å². The summed E-state index contributed by atoms with van der Waals surface area (Å²) in [6.07, 6.45) is 4.85. The van der Waals surface area contributed by atoms with E-state index >= 15 is 0 Å². The Balaban J connectivity index is 2.58. The fourth-order valence-electron chi connectivity index (χ4n) is 1.20. The molecular weight excluding hydrogens is 198 g/mol. The van der Waals surface area contributed by atoms with Gasteiger partial charge in [-0.3, -0.25) is 4.79 Å². The molecule has 0 amide bonds. The molecule has 6 nitrogen and oxygen atoms in total. The van der Waals surface area contributed by atoms with Crippen molar-refractivity contribution >= 4 is 17.9 Å². The highest BCUT2D eigenvalue weighted by Crippen LogP contribution is 2.07. The van der Waals surface area contributed by atoms with E-state index in [0.29, 0.717) is 17.5 Å². The van der Waals surface area contributed by atoms with E-state index in [9.17, 15) is 9.59 Å². The molecule has 0 N–H and O–H groups in total. The molecule has 0 aromatic carbocycles. The largest absolute Gasteiger partial charge is 0.465 e. The van der Waals surface area contributed by atoms with Crippen LogP contribution in [0, 0.1) is 0 Å². The zero-order valence-electron chi connectivity index (χ0n) is 7.88. The number of hydrogen-bond donors (Lipinski definition) is 0. The standard InChI is InChI=1S/C9H7N3O3/c1-15-9(14)6-2-10-8-7(5-13)3-11-12(8)4-6/h2-5H,1H3. The predicted molar refractivity (Wildman–Crippen MR) is 49.7 cm³/mol. The van der Waals surface area contributed by atoms with Gasteiger partial charge in [0.1, 0.15) is 0 Å². The topological polar surface area (TPSA) is 73.6 Å². The third-order valence-corrected chi connectivity index (χ3v) is 1.93.